The topological polar surface area (TPSA) is 71.8 Å². The highest BCUT2D eigenvalue weighted by Gasteiger charge is 2.47. The number of methoxy groups -OCH3 is 1. The molecule has 0 unspecified atom stereocenters. The first-order valence-corrected chi connectivity index (χ1v) is 12.0. The number of rotatable bonds is 5. The lowest BCUT2D eigenvalue weighted by Gasteiger charge is -2.38. The normalized spacial score (nSPS) is 21.4. The minimum atomic E-state index is -0.490. The molecule has 0 aliphatic carbocycles. The van der Waals surface area contributed by atoms with Gasteiger partial charge in [0.1, 0.15) is 6.17 Å². The third-order valence-electron chi connectivity index (χ3n) is 6.87. The van der Waals surface area contributed by atoms with Crippen molar-refractivity contribution in [1.82, 2.24) is 14.4 Å². The SMILES string of the molecule is CC.COc1c2n(cc(C(=O)CCc3ccccc3)c1=O)C[C@@H]1N(C[C@@H]3CCCCN31)C2=O. The van der Waals surface area contributed by atoms with Crippen LogP contribution in [-0.4, -0.2) is 58.5 Å². The summed E-state index contributed by atoms with van der Waals surface area (Å²) in [6.07, 6.45) is 5.77. The number of aromatic nitrogens is 1. The van der Waals surface area contributed by atoms with E-state index in [1.165, 1.54) is 13.5 Å². The summed E-state index contributed by atoms with van der Waals surface area (Å²) in [5.41, 5.74) is 0.929. The van der Waals surface area contributed by atoms with Crippen LogP contribution in [-0.2, 0) is 13.0 Å². The Bertz CT molecular complexity index is 1080. The van der Waals surface area contributed by atoms with Crippen LogP contribution in [0.15, 0.2) is 41.3 Å². The van der Waals surface area contributed by atoms with Gasteiger partial charge in [0.25, 0.3) is 5.91 Å². The molecule has 0 bridgehead atoms. The van der Waals surface area contributed by atoms with Gasteiger partial charge >= 0.3 is 0 Å². The second-order valence-corrected chi connectivity index (χ2v) is 8.64. The molecule has 0 saturated carbocycles. The molecular formula is C26H33N3O4. The number of aryl methyl sites for hydroxylation is 1. The van der Waals surface area contributed by atoms with Crippen molar-refractivity contribution >= 4 is 11.7 Å². The maximum absolute atomic E-state index is 13.3. The predicted octanol–water partition coefficient (Wildman–Crippen LogP) is 3.35. The summed E-state index contributed by atoms with van der Waals surface area (Å²) in [6, 6.07) is 10.1. The van der Waals surface area contributed by atoms with Gasteiger partial charge < -0.3 is 14.2 Å². The van der Waals surface area contributed by atoms with E-state index in [1.807, 2.05) is 49.1 Å². The van der Waals surface area contributed by atoms with Crippen LogP contribution < -0.4 is 10.2 Å². The Balaban J connectivity index is 0.00000126. The molecule has 0 N–H and O–H groups in total. The van der Waals surface area contributed by atoms with Gasteiger partial charge in [0.05, 0.1) is 19.2 Å². The van der Waals surface area contributed by atoms with E-state index in [-0.39, 0.29) is 41.3 Å². The van der Waals surface area contributed by atoms with Crippen molar-refractivity contribution in [2.75, 3.05) is 20.2 Å². The Morgan fingerprint density at radius 3 is 2.58 bits per heavy atom. The molecule has 0 spiro atoms. The molecular weight excluding hydrogens is 418 g/mol. The Labute approximate surface area is 194 Å². The highest BCUT2D eigenvalue weighted by Crippen LogP contribution is 2.35. The minimum absolute atomic E-state index is 0.0149. The van der Waals surface area contributed by atoms with E-state index in [9.17, 15) is 14.4 Å². The maximum atomic E-state index is 13.3. The van der Waals surface area contributed by atoms with Gasteiger partial charge in [0.15, 0.2) is 17.2 Å². The molecule has 3 aliphatic rings. The van der Waals surface area contributed by atoms with Crippen LogP contribution in [0.1, 0.15) is 65.9 Å². The van der Waals surface area contributed by atoms with Crippen LogP contribution in [0, 0.1) is 0 Å². The number of amides is 1. The number of pyridine rings is 1. The number of nitrogens with zero attached hydrogens (tertiary/aromatic N) is 3. The quantitative estimate of drug-likeness (QED) is 0.652. The molecule has 2 saturated heterocycles. The van der Waals surface area contributed by atoms with Crippen LogP contribution in [0.25, 0.3) is 0 Å². The van der Waals surface area contributed by atoms with Gasteiger partial charge in [-0.15, -0.1) is 0 Å². The van der Waals surface area contributed by atoms with Gasteiger partial charge in [-0.05, 0) is 24.8 Å². The van der Waals surface area contributed by atoms with Crippen LogP contribution in [0.5, 0.6) is 5.75 Å². The molecule has 7 heteroatoms. The molecule has 1 aromatic heterocycles. The second kappa shape index (κ2) is 9.91. The van der Waals surface area contributed by atoms with Gasteiger partial charge in [-0.3, -0.25) is 19.3 Å². The van der Waals surface area contributed by atoms with E-state index in [0.717, 1.165) is 24.9 Å². The van der Waals surface area contributed by atoms with E-state index < -0.39 is 5.43 Å². The second-order valence-electron chi connectivity index (χ2n) is 8.64. The standard InChI is InChI=1S/C24H27N3O4.C2H6/c1-31-23-21-24(30)27-13-17-9-5-6-12-26(17)20(27)15-25(21)14-18(22(23)29)19(28)11-10-16-7-3-2-4-8-16;1-2/h2-4,7-8,14,17,20H,5-6,9-13,15H2,1H3;1-2H3/t17-,20-;/m0./s1. The average molecular weight is 452 g/mol. The van der Waals surface area contributed by atoms with E-state index in [2.05, 4.69) is 4.90 Å². The lowest BCUT2D eigenvalue weighted by molar-refractivity contribution is 0.0451. The zero-order valence-corrected chi connectivity index (χ0v) is 19.8. The largest absolute Gasteiger partial charge is 0.491 e. The number of Topliss-reactive ketones (excluding diaryl/α,β-unsaturated/α-hetero) is 1. The Hall–Kier alpha value is -2.93. The van der Waals surface area contributed by atoms with Crippen molar-refractivity contribution in [1.29, 1.82) is 0 Å². The molecule has 0 radical (unpaired) electrons. The van der Waals surface area contributed by atoms with Gasteiger partial charge in [0.2, 0.25) is 5.43 Å². The fourth-order valence-electron chi connectivity index (χ4n) is 5.30. The Morgan fingerprint density at radius 2 is 1.85 bits per heavy atom. The number of carbonyl (C=O) groups is 2. The first-order valence-electron chi connectivity index (χ1n) is 12.0. The Morgan fingerprint density at radius 1 is 1.09 bits per heavy atom. The third-order valence-corrected chi connectivity index (χ3v) is 6.87. The van der Waals surface area contributed by atoms with Crippen molar-refractivity contribution in [2.45, 2.75) is 64.7 Å². The predicted molar refractivity (Wildman–Crippen MR) is 127 cm³/mol. The summed E-state index contributed by atoms with van der Waals surface area (Å²) in [5.74, 6) is -0.415. The summed E-state index contributed by atoms with van der Waals surface area (Å²) in [4.78, 5) is 43.7. The molecule has 2 fully saturated rings. The van der Waals surface area contributed by atoms with Crippen LogP contribution in [0.2, 0.25) is 0 Å². The van der Waals surface area contributed by atoms with Crippen LogP contribution in [0.3, 0.4) is 0 Å². The van der Waals surface area contributed by atoms with Gasteiger partial charge in [0, 0.05) is 31.7 Å². The number of piperidine rings is 1. The molecule has 33 heavy (non-hydrogen) atoms. The molecule has 3 aliphatic heterocycles. The first-order chi connectivity index (χ1) is 16.1. The van der Waals surface area contributed by atoms with E-state index in [0.29, 0.717) is 25.6 Å². The maximum Gasteiger partial charge on any atom is 0.275 e. The van der Waals surface area contributed by atoms with Crippen LogP contribution in [0.4, 0.5) is 0 Å². The molecule has 1 amide bonds. The lowest BCUT2D eigenvalue weighted by atomic mass is 10.0. The van der Waals surface area contributed by atoms with Crippen molar-refractivity contribution in [3.05, 3.63) is 63.6 Å². The molecule has 4 heterocycles. The number of hydrogen-bond acceptors (Lipinski definition) is 5. The summed E-state index contributed by atoms with van der Waals surface area (Å²) in [5, 5.41) is 0. The molecule has 7 nitrogen and oxygen atoms in total. The average Bonchev–Trinajstić information content (AvgIpc) is 3.23. The summed E-state index contributed by atoms with van der Waals surface area (Å²) in [6.45, 7) is 6.22. The third kappa shape index (κ3) is 4.22. The van der Waals surface area contributed by atoms with Crippen molar-refractivity contribution in [3.8, 4) is 5.75 Å². The van der Waals surface area contributed by atoms with Gasteiger partial charge in [-0.2, -0.15) is 0 Å². The summed E-state index contributed by atoms with van der Waals surface area (Å²) >= 11 is 0. The fourth-order valence-corrected chi connectivity index (χ4v) is 5.30. The monoisotopic (exact) mass is 451 g/mol. The number of ketones is 1. The van der Waals surface area contributed by atoms with Crippen LogP contribution >= 0.6 is 0 Å². The summed E-state index contributed by atoms with van der Waals surface area (Å²) < 4.78 is 7.16. The number of benzene rings is 1. The van der Waals surface area contributed by atoms with E-state index in [1.54, 1.807) is 10.8 Å². The molecule has 2 atom stereocenters. The van der Waals surface area contributed by atoms with E-state index in [4.69, 9.17) is 4.74 Å². The van der Waals surface area contributed by atoms with Crippen molar-refractivity contribution in [2.24, 2.45) is 0 Å². The van der Waals surface area contributed by atoms with Gasteiger partial charge in [-0.25, -0.2) is 0 Å². The van der Waals surface area contributed by atoms with Crippen molar-refractivity contribution < 1.29 is 14.3 Å². The zero-order chi connectivity index (χ0) is 23.5. The molecule has 176 valence electrons. The number of carbonyl (C=O) groups excluding carboxylic acids is 2. The molecule has 5 rings (SSSR count). The highest BCUT2D eigenvalue weighted by molar-refractivity contribution is 6.00. The number of ether oxygens (including phenoxy) is 1. The summed E-state index contributed by atoms with van der Waals surface area (Å²) in [7, 11) is 1.39. The Kier molecular flexibility index (Phi) is 6.98. The molecule has 1 aromatic carbocycles. The number of fused-ring (bicyclic) bond motifs is 4. The van der Waals surface area contributed by atoms with E-state index >= 15 is 0 Å². The fraction of sp³-hybridized carbons (Fsp3) is 0.500. The molecule has 2 aromatic rings. The minimum Gasteiger partial charge on any atom is -0.491 e. The van der Waals surface area contributed by atoms with Gasteiger partial charge in [-0.1, -0.05) is 50.6 Å². The lowest BCUT2D eigenvalue weighted by Crippen LogP contribution is -2.51. The smallest absolute Gasteiger partial charge is 0.275 e. The zero-order valence-electron chi connectivity index (χ0n) is 19.8. The van der Waals surface area contributed by atoms with Crippen molar-refractivity contribution in [3.63, 3.8) is 0 Å². The first kappa shape index (κ1) is 23.2. The highest BCUT2D eigenvalue weighted by atomic mass is 16.5. The number of hydrogen-bond donors (Lipinski definition) is 0.